The summed E-state index contributed by atoms with van der Waals surface area (Å²) in [6, 6.07) is 12.4. The molecule has 0 spiro atoms. The molecular weight excluding hydrogens is 624 g/mol. The average Bonchev–Trinajstić information content (AvgIpc) is 3.68. The zero-order chi connectivity index (χ0) is 34.1. The minimum Gasteiger partial charge on any atom is -0.493 e. The standard InChI is InChI=1S/C35H37F2N5O6/c1-34(2)20-35(34,32(38)43)33(44)42(23-7-5-22(36)6-8-23)24-9-10-28(26(37)17-24)48-31-25-18-29(45-3)30(19-27(25)39-21-40-31)47-14-4-11-41-12-15-46-16-13-41/h5-10,17-19,21H,4,11-16,20H2,1-3H3,(H2,38,43). The first kappa shape index (κ1) is 33.0. The van der Waals surface area contributed by atoms with Crippen LogP contribution in [0.2, 0.25) is 0 Å². The van der Waals surface area contributed by atoms with Crippen LogP contribution >= 0.6 is 0 Å². The predicted octanol–water partition coefficient (Wildman–Crippen LogP) is 5.38. The molecule has 6 rings (SSSR count). The van der Waals surface area contributed by atoms with Gasteiger partial charge in [0.2, 0.25) is 17.7 Å². The first-order valence-electron chi connectivity index (χ1n) is 15.7. The Morgan fingerprint density at radius 1 is 0.979 bits per heavy atom. The van der Waals surface area contributed by atoms with Crippen LogP contribution in [0.4, 0.5) is 20.2 Å². The molecule has 2 amide bonds. The van der Waals surface area contributed by atoms with Gasteiger partial charge in [0.1, 0.15) is 17.6 Å². The maximum absolute atomic E-state index is 15.8. The Morgan fingerprint density at radius 3 is 2.33 bits per heavy atom. The lowest BCUT2D eigenvalue weighted by Gasteiger charge is -2.28. The number of amides is 2. The number of aromatic nitrogens is 2. The second kappa shape index (κ2) is 13.3. The first-order chi connectivity index (χ1) is 23.0. The van der Waals surface area contributed by atoms with E-state index in [-0.39, 0.29) is 29.4 Å². The highest BCUT2D eigenvalue weighted by molar-refractivity contribution is 6.17. The van der Waals surface area contributed by atoms with E-state index in [9.17, 15) is 14.0 Å². The second-order valence-corrected chi connectivity index (χ2v) is 12.5. The lowest BCUT2D eigenvalue weighted by Crippen LogP contribution is -2.44. The van der Waals surface area contributed by atoms with Crippen molar-refractivity contribution in [2.45, 2.75) is 26.7 Å². The van der Waals surface area contributed by atoms with Crippen molar-refractivity contribution in [3.63, 3.8) is 0 Å². The maximum Gasteiger partial charge on any atom is 0.247 e. The van der Waals surface area contributed by atoms with E-state index in [0.717, 1.165) is 45.3 Å². The Morgan fingerprint density at radius 2 is 1.69 bits per heavy atom. The number of rotatable bonds is 12. The molecule has 1 unspecified atom stereocenters. The molecule has 48 heavy (non-hydrogen) atoms. The normalized spacial score (nSPS) is 18.7. The van der Waals surface area contributed by atoms with E-state index in [1.54, 1.807) is 26.0 Å². The van der Waals surface area contributed by atoms with E-state index in [0.29, 0.717) is 29.0 Å². The number of carbonyl (C=O) groups is 2. The third-order valence-electron chi connectivity index (χ3n) is 9.06. The Labute approximate surface area is 276 Å². The summed E-state index contributed by atoms with van der Waals surface area (Å²) < 4.78 is 52.5. The number of benzene rings is 3. The van der Waals surface area contributed by atoms with Crippen LogP contribution in [0.1, 0.15) is 26.7 Å². The summed E-state index contributed by atoms with van der Waals surface area (Å²) in [6.45, 7) is 8.17. The summed E-state index contributed by atoms with van der Waals surface area (Å²) in [7, 11) is 1.52. The number of fused-ring (bicyclic) bond motifs is 1. The molecule has 252 valence electrons. The molecule has 2 fully saturated rings. The summed E-state index contributed by atoms with van der Waals surface area (Å²) >= 11 is 0. The van der Waals surface area contributed by atoms with Crippen LogP contribution in [0.25, 0.3) is 10.9 Å². The Kier molecular flexibility index (Phi) is 9.17. The number of methoxy groups -OCH3 is 1. The van der Waals surface area contributed by atoms with E-state index in [1.165, 1.54) is 54.7 Å². The van der Waals surface area contributed by atoms with Gasteiger partial charge in [-0.25, -0.2) is 18.7 Å². The van der Waals surface area contributed by atoms with Gasteiger partial charge in [-0.2, -0.15) is 0 Å². The summed E-state index contributed by atoms with van der Waals surface area (Å²) in [4.78, 5) is 38.6. The number of nitrogens with zero attached hydrogens (tertiary/aromatic N) is 4. The first-order valence-corrected chi connectivity index (χ1v) is 15.7. The highest BCUT2D eigenvalue weighted by Gasteiger charge is 2.71. The average molecular weight is 662 g/mol. The summed E-state index contributed by atoms with van der Waals surface area (Å²) in [5, 5.41) is 0.459. The second-order valence-electron chi connectivity index (χ2n) is 12.5. The SMILES string of the molecule is COc1cc2c(Oc3ccc(N(C(=O)C4(C(N)=O)CC4(C)C)c4ccc(F)cc4)cc3F)ncnc2cc1OCCCN1CCOCC1. The fourth-order valence-corrected chi connectivity index (χ4v) is 6.18. The van der Waals surface area contributed by atoms with Crippen molar-refractivity contribution in [2.24, 2.45) is 16.6 Å². The van der Waals surface area contributed by atoms with Crippen molar-refractivity contribution in [1.29, 1.82) is 0 Å². The number of anilines is 2. The molecule has 2 aliphatic rings. The number of hydrogen-bond donors (Lipinski definition) is 1. The van der Waals surface area contributed by atoms with Gasteiger partial charge in [-0.3, -0.25) is 19.4 Å². The number of morpholine rings is 1. The van der Waals surface area contributed by atoms with E-state index >= 15 is 4.39 Å². The third kappa shape index (κ3) is 6.35. The van der Waals surface area contributed by atoms with Gasteiger partial charge < -0.3 is 24.7 Å². The third-order valence-corrected chi connectivity index (χ3v) is 9.06. The lowest BCUT2D eigenvalue weighted by molar-refractivity contribution is -0.134. The Hall–Kier alpha value is -4.88. The highest BCUT2D eigenvalue weighted by atomic mass is 19.1. The largest absolute Gasteiger partial charge is 0.493 e. The Balaban J connectivity index is 1.25. The van der Waals surface area contributed by atoms with Crippen molar-refractivity contribution in [3.05, 3.63) is 72.6 Å². The molecule has 0 bridgehead atoms. The molecule has 1 aromatic heterocycles. The number of primary amides is 1. The molecule has 0 radical (unpaired) electrons. The molecule has 1 atom stereocenters. The monoisotopic (exact) mass is 661 g/mol. The summed E-state index contributed by atoms with van der Waals surface area (Å²) in [6.07, 6.45) is 2.34. The number of carbonyl (C=O) groups excluding carboxylic acids is 2. The van der Waals surface area contributed by atoms with Crippen molar-refractivity contribution in [3.8, 4) is 23.1 Å². The highest BCUT2D eigenvalue weighted by Crippen LogP contribution is 2.64. The van der Waals surface area contributed by atoms with Gasteiger partial charge in [-0.15, -0.1) is 0 Å². The Bertz CT molecular complexity index is 1830. The van der Waals surface area contributed by atoms with Crippen LogP contribution in [-0.4, -0.2) is 73.2 Å². The zero-order valence-electron chi connectivity index (χ0n) is 27.0. The number of ether oxygens (including phenoxy) is 4. The van der Waals surface area contributed by atoms with Crippen LogP contribution in [-0.2, 0) is 14.3 Å². The van der Waals surface area contributed by atoms with Gasteiger partial charge in [0.15, 0.2) is 23.1 Å². The topological polar surface area (TPSA) is 129 Å². The van der Waals surface area contributed by atoms with Crippen LogP contribution < -0.4 is 24.8 Å². The van der Waals surface area contributed by atoms with Gasteiger partial charge in [0.25, 0.3) is 0 Å². The number of nitrogens with two attached hydrogens (primary N) is 1. The maximum atomic E-state index is 15.8. The molecule has 2 N–H and O–H groups in total. The number of hydrogen-bond acceptors (Lipinski definition) is 9. The quantitative estimate of drug-likeness (QED) is 0.157. The van der Waals surface area contributed by atoms with E-state index in [1.807, 2.05) is 0 Å². The molecule has 11 nitrogen and oxygen atoms in total. The van der Waals surface area contributed by atoms with E-state index in [4.69, 9.17) is 24.7 Å². The van der Waals surface area contributed by atoms with Crippen LogP contribution in [0.5, 0.6) is 23.1 Å². The summed E-state index contributed by atoms with van der Waals surface area (Å²) in [5.41, 5.74) is 4.35. The minimum atomic E-state index is -1.50. The van der Waals surface area contributed by atoms with Gasteiger partial charge >= 0.3 is 0 Å². The zero-order valence-corrected chi connectivity index (χ0v) is 27.0. The molecule has 1 saturated carbocycles. The molecule has 3 aromatic carbocycles. The van der Waals surface area contributed by atoms with Crippen LogP contribution in [0.3, 0.4) is 0 Å². The fourth-order valence-electron chi connectivity index (χ4n) is 6.18. The minimum absolute atomic E-state index is 0.0719. The van der Waals surface area contributed by atoms with Gasteiger partial charge in [-0.1, -0.05) is 13.8 Å². The fraction of sp³-hybridized carbons (Fsp3) is 0.371. The van der Waals surface area contributed by atoms with Gasteiger partial charge in [0.05, 0.1) is 43.5 Å². The van der Waals surface area contributed by atoms with Crippen molar-refractivity contribution in [1.82, 2.24) is 14.9 Å². The predicted molar refractivity (Wildman–Crippen MR) is 174 cm³/mol. The van der Waals surface area contributed by atoms with Gasteiger partial charge in [0, 0.05) is 37.5 Å². The van der Waals surface area contributed by atoms with Crippen LogP contribution in [0, 0.1) is 22.5 Å². The molecule has 1 aliphatic carbocycles. The molecule has 1 saturated heterocycles. The van der Waals surface area contributed by atoms with Crippen molar-refractivity contribution >= 4 is 34.1 Å². The van der Waals surface area contributed by atoms with Crippen molar-refractivity contribution < 1.29 is 37.3 Å². The molecule has 2 heterocycles. The van der Waals surface area contributed by atoms with E-state index < -0.39 is 34.3 Å². The molecular formula is C35H37F2N5O6. The van der Waals surface area contributed by atoms with E-state index in [2.05, 4.69) is 14.9 Å². The van der Waals surface area contributed by atoms with Crippen LogP contribution in [0.15, 0.2) is 60.9 Å². The van der Waals surface area contributed by atoms with Gasteiger partial charge in [-0.05, 0) is 60.7 Å². The summed E-state index contributed by atoms with van der Waals surface area (Å²) in [5.74, 6) is -1.91. The molecule has 13 heteroatoms. The number of halogens is 2. The lowest BCUT2D eigenvalue weighted by atomic mass is 9.92. The van der Waals surface area contributed by atoms with Crippen molar-refractivity contribution in [2.75, 3.05) is 51.5 Å². The molecule has 4 aromatic rings. The molecule has 1 aliphatic heterocycles. The smallest absolute Gasteiger partial charge is 0.247 e.